The standard InChI is InChI=1S/C21H13Cl3N4O2/c22-12-10-16(23)19(17(24)11-12)25-26-20(29)18-14-8-4-5-9-15(14)21(30)28(27-18)13-6-2-1-3-7-13/h1-11,25H,(H,26,29). The zero-order valence-electron chi connectivity index (χ0n) is 15.2. The summed E-state index contributed by atoms with van der Waals surface area (Å²) in [7, 11) is 0. The number of halogens is 3. The average Bonchev–Trinajstić information content (AvgIpc) is 2.74. The summed E-state index contributed by atoms with van der Waals surface area (Å²) in [6.45, 7) is 0. The van der Waals surface area contributed by atoms with E-state index in [1.165, 1.54) is 16.8 Å². The van der Waals surface area contributed by atoms with Crippen molar-refractivity contribution in [1.29, 1.82) is 0 Å². The van der Waals surface area contributed by atoms with E-state index >= 15 is 0 Å². The maximum atomic E-state index is 13.0. The summed E-state index contributed by atoms with van der Waals surface area (Å²) >= 11 is 18.2. The highest BCUT2D eigenvalue weighted by atomic mass is 35.5. The molecule has 1 aromatic heterocycles. The molecule has 3 aromatic carbocycles. The number of rotatable bonds is 4. The first-order chi connectivity index (χ1) is 14.5. The number of carbonyl (C=O) groups excluding carboxylic acids is 1. The number of nitrogens with zero attached hydrogens (tertiary/aromatic N) is 2. The van der Waals surface area contributed by atoms with Gasteiger partial charge in [0.25, 0.3) is 11.5 Å². The van der Waals surface area contributed by atoms with Crippen molar-refractivity contribution in [1.82, 2.24) is 15.2 Å². The van der Waals surface area contributed by atoms with Crippen molar-refractivity contribution < 1.29 is 4.79 Å². The number of carbonyl (C=O) groups is 1. The van der Waals surface area contributed by atoms with Crippen molar-refractivity contribution in [2.24, 2.45) is 0 Å². The number of hydrogen-bond donors (Lipinski definition) is 2. The van der Waals surface area contributed by atoms with Crippen molar-refractivity contribution in [2.75, 3.05) is 5.43 Å². The lowest BCUT2D eigenvalue weighted by molar-refractivity contribution is 0.0958. The smallest absolute Gasteiger partial charge is 0.290 e. The molecule has 4 aromatic rings. The molecule has 0 aliphatic carbocycles. The molecule has 0 radical (unpaired) electrons. The summed E-state index contributed by atoms with van der Waals surface area (Å²) in [6.07, 6.45) is 0. The van der Waals surface area contributed by atoms with E-state index in [1.807, 2.05) is 6.07 Å². The molecule has 1 amide bonds. The Morgan fingerprint density at radius 2 is 1.47 bits per heavy atom. The van der Waals surface area contributed by atoms with Crippen LogP contribution < -0.4 is 16.4 Å². The quantitative estimate of drug-likeness (QED) is 0.416. The van der Waals surface area contributed by atoms with Gasteiger partial charge < -0.3 is 0 Å². The van der Waals surface area contributed by atoms with E-state index in [-0.39, 0.29) is 27.0 Å². The Bertz CT molecular complexity index is 1300. The first kappa shape index (κ1) is 20.2. The van der Waals surface area contributed by atoms with Gasteiger partial charge in [-0.1, -0.05) is 71.2 Å². The van der Waals surface area contributed by atoms with Gasteiger partial charge in [-0.15, -0.1) is 0 Å². The lowest BCUT2D eigenvalue weighted by Crippen LogP contribution is -2.33. The van der Waals surface area contributed by atoms with Crippen LogP contribution >= 0.6 is 34.8 Å². The van der Waals surface area contributed by atoms with E-state index in [9.17, 15) is 9.59 Å². The summed E-state index contributed by atoms with van der Waals surface area (Å²) in [5.41, 5.74) is 5.78. The first-order valence-corrected chi connectivity index (χ1v) is 9.87. The Morgan fingerprint density at radius 1 is 0.867 bits per heavy atom. The highest BCUT2D eigenvalue weighted by Gasteiger charge is 2.18. The minimum absolute atomic E-state index is 0.0581. The molecule has 2 N–H and O–H groups in total. The van der Waals surface area contributed by atoms with Crippen LogP contribution in [-0.2, 0) is 0 Å². The van der Waals surface area contributed by atoms with Gasteiger partial charge in [-0.25, -0.2) is 0 Å². The maximum absolute atomic E-state index is 13.0. The summed E-state index contributed by atoms with van der Waals surface area (Å²) in [5, 5.41) is 5.93. The molecule has 9 heteroatoms. The van der Waals surface area contributed by atoms with E-state index in [0.29, 0.717) is 21.5 Å². The van der Waals surface area contributed by atoms with Crippen LogP contribution in [0.5, 0.6) is 0 Å². The second-order valence-electron chi connectivity index (χ2n) is 6.27. The number of hydrogen-bond acceptors (Lipinski definition) is 4. The van der Waals surface area contributed by atoms with E-state index in [1.54, 1.807) is 48.5 Å². The van der Waals surface area contributed by atoms with Crippen LogP contribution in [0.2, 0.25) is 15.1 Å². The summed E-state index contributed by atoms with van der Waals surface area (Å²) in [6, 6.07) is 18.6. The number of benzene rings is 3. The molecular formula is C21H13Cl3N4O2. The van der Waals surface area contributed by atoms with E-state index in [4.69, 9.17) is 34.8 Å². The monoisotopic (exact) mass is 458 g/mol. The van der Waals surface area contributed by atoms with E-state index in [0.717, 1.165) is 0 Å². The van der Waals surface area contributed by atoms with Crippen LogP contribution in [0.4, 0.5) is 5.69 Å². The van der Waals surface area contributed by atoms with Gasteiger partial charge in [-0.3, -0.25) is 20.4 Å². The largest absolute Gasteiger partial charge is 0.295 e. The highest BCUT2D eigenvalue weighted by Crippen LogP contribution is 2.33. The first-order valence-electron chi connectivity index (χ1n) is 8.74. The van der Waals surface area contributed by atoms with Crippen molar-refractivity contribution in [2.45, 2.75) is 0 Å². The molecule has 30 heavy (non-hydrogen) atoms. The minimum atomic E-state index is -0.571. The molecule has 0 saturated carbocycles. The van der Waals surface area contributed by atoms with Crippen LogP contribution in [0, 0.1) is 0 Å². The van der Waals surface area contributed by atoms with Crippen molar-refractivity contribution in [3.05, 3.63) is 97.8 Å². The topological polar surface area (TPSA) is 76.0 Å². The summed E-state index contributed by atoms with van der Waals surface area (Å²) < 4.78 is 1.19. The number of anilines is 1. The van der Waals surface area contributed by atoms with Gasteiger partial charge in [0.05, 0.1) is 26.8 Å². The summed E-state index contributed by atoms with van der Waals surface area (Å²) in [5.74, 6) is -0.571. The van der Waals surface area contributed by atoms with Crippen LogP contribution in [0.1, 0.15) is 10.5 Å². The van der Waals surface area contributed by atoms with Gasteiger partial charge in [0.1, 0.15) is 0 Å². The van der Waals surface area contributed by atoms with Gasteiger partial charge in [-0.2, -0.15) is 9.78 Å². The predicted octanol–water partition coefficient (Wildman–Crippen LogP) is 5.10. The summed E-state index contributed by atoms with van der Waals surface area (Å²) in [4.78, 5) is 25.9. The molecule has 0 saturated heterocycles. The van der Waals surface area contributed by atoms with E-state index in [2.05, 4.69) is 16.0 Å². The lowest BCUT2D eigenvalue weighted by Gasteiger charge is -2.14. The van der Waals surface area contributed by atoms with Crippen LogP contribution in [0.3, 0.4) is 0 Å². The number of fused-ring (bicyclic) bond motifs is 1. The Morgan fingerprint density at radius 3 is 2.13 bits per heavy atom. The molecule has 6 nitrogen and oxygen atoms in total. The van der Waals surface area contributed by atoms with Gasteiger partial charge >= 0.3 is 0 Å². The second kappa shape index (κ2) is 8.36. The third-order valence-electron chi connectivity index (χ3n) is 4.33. The molecule has 0 unspecified atom stereocenters. The number of aromatic nitrogens is 2. The van der Waals surface area contributed by atoms with Crippen molar-refractivity contribution in [3.63, 3.8) is 0 Å². The molecule has 0 fully saturated rings. The van der Waals surface area contributed by atoms with Crippen LogP contribution in [0.15, 0.2) is 71.5 Å². The van der Waals surface area contributed by atoms with Crippen LogP contribution in [-0.4, -0.2) is 15.7 Å². The SMILES string of the molecule is O=C(NNc1c(Cl)cc(Cl)cc1Cl)c1nn(-c2ccccc2)c(=O)c2ccccc12. The Balaban J connectivity index is 1.76. The number of nitrogens with one attached hydrogen (secondary N) is 2. The molecule has 150 valence electrons. The van der Waals surface area contributed by atoms with Gasteiger partial charge in [0.2, 0.25) is 0 Å². The fourth-order valence-corrected chi connectivity index (χ4v) is 3.85. The number of para-hydroxylation sites is 1. The molecular weight excluding hydrogens is 447 g/mol. The van der Waals surface area contributed by atoms with Crippen molar-refractivity contribution >= 4 is 57.2 Å². The lowest BCUT2D eigenvalue weighted by atomic mass is 10.1. The van der Waals surface area contributed by atoms with Gasteiger partial charge in [-0.05, 0) is 30.3 Å². The normalized spacial score (nSPS) is 10.8. The minimum Gasteiger partial charge on any atom is -0.295 e. The molecule has 0 atom stereocenters. The maximum Gasteiger partial charge on any atom is 0.290 e. The number of hydrazine groups is 1. The predicted molar refractivity (Wildman–Crippen MR) is 120 cm³/mol. The zero-order valence-corrected chi connectivity index (χ0v) is 17.5. The third-order valence-corrected chi connectivity index (χ3v) is 5.14. The molecule has 0 aliphatic heterocycles. The van der Waals surface area contributed by atoms with Gasteiger partial charge in [0.15, 0.2) is 5.69 Å². The van der Waals surface area contributed by atoms with E-state index < -0.39 is 5.91 Å². The molecule has 4 rings (SSSR count). The Hall–Kier alpha value is -3.06. The fourth-order valence-electron chi connectivity index (χ4n) is 2.94. The number of amides is 1. The zero-order chi connectivity index (χ0) is 21.3. The average molecular weight is 460 g/mol. The molecule has 0 bridgehead atoms. The third kappa shape index (κ3) is 3.85. The van der Waals surface area contributed by atoms with Crippen molar-refractivity contribution in [3.8, 4) is 5.69 Å². The molecule has 1 heterocycles. The fraction of sp³-hybridized carbons (Fsp3) is 0. The highest BCUT2D eigenvalue weighted by molar-refractivity contribution is 6.41. The Labute approximate surface area is 186 Å². The van der Waals surface area contributed by atoms with Crippen LogP contribution in [0.25, 0.3) is 16.5 Å². The second-order valence-corrected chi connectivity index (χ2v) is 7.52. The molecule has 0 spiro atoms. The molecule has 0 aliphatic rings. The Kier molecular flexibility index (Phi) is 5.63. The van der Waals surface area contributed by atoms with Gasteiger partial charge in [0, 0.05) is 10.4 Å².